The van der Waals surface area contributed by atoms with Crippen LogP contribution in [0.4, 0.5) is 0 Å². The molecule has 9 rings (SSSR count). The van der Waals surface area contributed by atoms with Gasteiger partial charge in [0.2, 0.25) is 0 Å². The van der Waals surface area contributed by atoms with Gasteiger partial charge in [0.25, 0.3) is 0 Å². The molecule has 0 saturated carbocycles. The van der Waals surface area contributed by atoms with Gasteiger partial charge in [0.15, 0.2) is 16.7 Å². The topological polar surface area (TPSA) is 78.1 Å². The highest BCUT2D eigenvalue weighted by atomic mass is 16.3. The lowest BCUT2D eigenvalue weighted by Gasteiger charge is -2.03. The maximum atomic E-state index is 6.41. The number of para-hydroxylation sites is 2. The number of aromatic nitrogens is 3. The lowest BCUT2D eigenvalue weighted by atomic mass is 10.0. The smallest absolute Gasteiger partial charge is 0.161 e. The third-order valence-corrected chi connectivity index (χ3v) is 7.42. The molecule has 6 nitrogen and oxygen atoms in total. The third kappa shape index (κ3) is 2.88. The average Bonchev–Trinajstić information content (AvgIpc) is 3.67. The summed E-state index contributed by atoms with van der Waals surface area (Å²) in [6, 6.07) is 29.9. The fourth-order valence-corrected chi connectivity index (χ4v) is 5.60. The molecule has 0 atom stereocenters. The van der Waals surface area contributed by atoms with Crippen LogP contribution in [-0.2, 0) is 0 Å². The number of hydrogen-bond donors (Lipinski definition) is 0. The summed E-state index contributed by atoms with van der Waals surface area (Å²) in [4.78, 5) is 14.3. The Morgan fingerprint density at radius 2 is 1.05 bits per heavy atom. The maximum Gasteiger partial charge on any atom is 0.161 e. The van der Waals surface area contributed by atoms with Crippen molar-refractivity contribution >= 4 is 66.2 Å². The molecule has 3 aromatic carbocycles. The van der Waals surface area contributed by atoms with Gasteiger partial charge in [-0.1, -0.05) is 24.3 Å². The summed E-state index contributed by atoms with van der Waals surface area (Å²) in [5.74, 6) is 0. The van der Waals surface area contributed by atoms with Gasteiger partial charge in [-0.05, 0) is 66.7 Å². The molecule has 6 heteroatoms. The zero-order valence-corrected chi connectivity index (χ0v) is 20.4. The van der Waals surface area contributed by atoms with E-state index in [1.807, 2.05) is 97.3 Å². The zero-order chi connectivity index (χ0) is 25.5. The number of pyridine rings is 3. The largest absolute Gasteiger partial charge is 0.454 e. The van der Waals surface area contributed by atoms with Gasteiger partial charge in [-0.3, -0.25) is 9.97 Å². The van der Waals surface area contributed by atoms with Crippen LogP contribution in [0.5, 0.6) is 0 Å². The Balaban J connectivity index is 1.25. The first kappa shape index (κ1) is 20.6. The van der Waals surface area contributed by atoms with E-state index >= 15 is 0 Å². The second-order valence-electron chi connectivity index (χ2n) is 9.63. The van der Waals surface area contributed by atoms with Crippen LogP contribution in [0, 0.1) is 0 Å². The molecule has 0 saturated heterocycles. The minimum Gasteiger partial charge on any atom is -0.454 e. The normalized spacial score (nSPS) is 12.1. The molecule has 6 aromatic heterocycles. The zero-order valence-electron chi connectivity index (χ0n) is 20.4. The van der Waals surface area contributed by atoms with Crippen molar-refractivity contribution in [1.29, 1.82) is 0 Å². The van der Waals surface area contributed by atoms with E-state index in [1.165, 1.54) is 0 Å². The van der Waals surface area contributed by atoms with Crippen molar-refractivity contribution in [2.24, 2.45) is 0 Å². The van der Waals surface area contributed by atoms with E-state index < -0.39 is 0 Å². The highest BCUT2D eigenvalue weighted by molar-refractivity contribution is 6.13. The van der Waals surface area contributed by atoms with E-state index in [-0.39, 0.29) is 0 Å². The van der Waals surface area contributed by atoms with Crippen molar-refractivity contribution in [3.05, 3.63) is 103 Å². The molecule has 0 unspecified atom stereocenters. The molecule has 0 aliphatic rings. The Labute approximate surface area is 220 Å². The second kappa shape index (κ2) is 7.52. The van der Waals surface area contributed by atoms with Gasteiger partial charge in [-0.2, -0.15) is 0 Å². The highest BCUT2D eigenvalue weighted by Crippen LogP contribution is 2.40. The van der Waals surface area contributed by atoms with Crippen LogP contribution >= 0.6 is 0 Å². The molecule has 6 heterocycles. The predicted octanol–water partition coefficient (Wildman–Crippen LogP) is 8.90. The molecule has 39 heavy (non-hydrogen) atoms. The van der Waals surface area contributed by atoms with Gasteiger partial charge < -0.3 is 13.3 Å². The number of nitrogens with zero attached hydrogens (tertiary/aromatic N) is 3. The lowest BCUT2D eigenvalue weighted by Crippen LogP contribution is -1.85. The minimum absolute atomic E-state index is 0.710. The summed E-state index contributed by atoms with van der Waals surface area (Å²) in [5.41, 5.74) is 10.8. The van der Waals surface area contributed by atoms with Crippen LogP contribution in [0.25, 0.3) is 88.6 Å². The standard InChI is InChI=1S/C33H17N3O3/c1-3-7-25-21(5-1)29-28(37-25)12-10-24(36-29)18-9-11-27-23(17-18)31-33(39-27)20(14-16-35-31)19-13-15-34-30-22-6-2-4-8-26(22)38-32(19)30/h1-17H. The summed E-state index contributed by atoms with van der Waals surface area (Å²) in [6.45, 7) is 0. The molecule has 9 aromatic rings. The van der Waals surface area contributed by atoms with Crippen molar-refractivity contribution in [3.8, 4) is 22.4 Å². The summed E-state index contributed by atoms with van der Waals surface area (Å²) >= 11 is 0. The van der Waals surface area contributed by atoms with Crippen LogP contribution in [0.2, 0.25) is 0 Å². The number of rotatable bonds is 2. The van der Waals surface area contributed by atoms with E-state index in [1.54, 1.807) is 0 Å². The van der Waals surface area contributed by atoms with E-state index in [0.717, 1.165) is 83.0 Å². The van der Waals surface area contributed by atoms with Gasteiger partial charge in [0.1, 0.15) is 33.3 Å². The number of benzene rings is 3. The first-order valence-corrected chi connectivity index (χ1v) is 12.7. The van der Waals surface area contributed by atoms with E-state index in [0.29, 0.717) is 5.58 Å². The van der Waals surface area contributed by atoms with Crippen molar-refractivity contribution < 1.29 is 13.3 Å². The molecule has 0 spiro atoms. The van der Waals surface area contributed by atoms with Crippen LogP contribution < -0.4 is 0 Å². The molecule has 0 fully saturated rings. The summed E-state index contributed by atoms with van der Waals surface area (Å²) in [7, 11) is 0. The molecule has 0 bridgehead atoms. The van der Waals surface area contributed by atoms with Gasteiger partial charge in [0, 0.05) is 45.2 Å². The quantitative estimate of drug-likeness (QED) is 0.234. The van der Waals surface area contributed by atoms with Crippen molar-refractivity contribution in [3.63, 3.8) is 0 Å². The Morgan fingerprint density at radius 1 is 0.462 bits per heavy atom. The van der Waals surface area contributed by atoms with Crippen molar-refractivity contribution in [2.75, 3.05) is 0 Å². The Morgan fingerprint density at radius 3 is 1.79 bits per heavy atom. The summed E-state index contributed by atoms with van der Waals surface area (Å²) < 4.78 is 18.6. The fourth-order valence-electron chi connectivity index (χ4n) is 5.60. The molecule has 0 radical (unpaired) electrons. The molecular formula is C33H17N3O3. The highest BCUT2D eigenvalue weighted by Gasteiger charge is 2.19. The van der Waals surface area contributed by atoms with E-state index in [9.17, 15) is 0 Å². The first-order valence-electron chi connectivity index (χ1n) is 12.7. The van der Waals surface area contributed by atoms with Crippen molar-refractivity contribution in [1.82, 2.24) is 15.0 Å². The molecule has 0 aliphatic carbocycles. The predicted molar refractivity (Wildman–Crippen MR) is 153 cm³/mol. The minimum atomic E-state index is 0.710. The van der Waals surface area contributed by atoms with Crippen LogP contribution in [-0.4, -0.2) is 15.0 Å². The molecule has 182 valence electrons. The molecular weight excluding hydrogens is 486 g/mol. The van der Waals surface area contributed by atoms with Gasteiger partial charge in [-0.15, -0.1) is 0 Å². The molecule has 0 amide bonds. The number of fused-ring (bicyclic) bond motifs is 9. The van der Waals surface area contributed by atoms with Crippen LogP contribution in [0.3, 0.4) is 0 Å². The third-order valence-electron chi connectivity index (χ3n) is 7.42. The maximum absolute atomic E-state index is 6.41. The Bertz CT molecular complexity index is 2410. The summed E-state index contributed by atoms with van der Waals surface area (Å²) in [5, 5.41) is 2.92. The van der Waals surface area contributed by atoms with Crippen LogP contribution in [0.1, 0.15) is 0 Å². The lowest BCUT2D eigenvalue weighted by molar-refractivity contribution is 0.664. The second-order valence-corrected chi connectivity index (χ2v) is 9.63. The SMILES string of the molecule is c1ccc2c(c1)oc1ccc(-c3ccc4oc5c(-c6ccnc7c6oc6ccccc67)ccnc5c4c3)nc12. The Hall–Kier alpha value is -5.49. The van der Waals surface area contributed by atoms with Gasteiger partial charge in [-0.25, -0.2) is 4.98 Å². The van der Waals surface area contributed by atoms with Crippen molar-refractivity contribution in [2.45, 2.75) is 0 Å². The molecule has 0 N–H and O–H groups in total. The first-order chi connectivity index (χ1) is 19.3. The average molecular weight is 504 g/mol. The fraction of sp³-hybridized carbons (Fsp3) is 0. The number of furan rings is 3. The summed E-state index contributed by atoms with van der Waals surface area (Å²) in [6.07, 6.45) is 3.63. The number of hydrogen-bond acceptors (Lipinski definition) is 6. The molecule has 0 aliphatic heterocycles. The van der Waals surface area contributed by atoms with E-state index in [4.69, 9.17) is 23.2 Å². The van der Waals surface area contributed by atoms with Crippen LogP contribution in [0.15, 0.2) is 117 Å². The van der Waals surface area contributed by atoms with Gasteiger partial charge >= 0.3 is 0 Å². The van der Waals surface area contributed by atoms with E-state index in [2.05, 4.69) is 11.1 Å². The van der Waals surface area contributed by atoms with Gasteiger partial charge in [0.05, 0.1) is 5.69 Å². The monoisotopic (exact) mass is 503 g/mol. The Kier molecular flexibility index (Phi) is 3.96.